The summed E-state index contributed by atoms with van der Waals surface area (Å²) in [6.45, 7) is 0. The molecule has 0 radical (unpaired) electrons. The maximum atomic E-state index is 10.4. The van der Waals surface area contributed by atoms with Gasteiger partial charge in [0, 0.05) is 0 Å². The van der Waals surface area contributed by atoms with Crippen LogP contribution in [-0.2, 0) is 4.79 Å². The van der Waals surface area contributed by atoms with Crippen molar-refractivity contribution in [3.63, 3.8) is 0 Å². The van der Waals surface area contributed by atoms with Gasteiger partial charge in [-0.3, -0.25) is 0 Å². The van der Waals surface area contributed by atoms with Crippen molar-refractivity contribution in [1.82, 2.24) is 0 Å². The van der Waals surface area contributed by atoms with Crippen molar-refractivity contribution >= 4 is 54.6 Å². The van der Waals surface area contributed by atoms with Gasteiger partial charge in [-0.15, -0.1) is 0 Å². The number of hydrogen-bond acceptors (Lipinski definition) is 2. The van der Waals surface area contributed by atoms with Crippen molar-refractivity contribution in [3.8, 4) is 0 Å². The number of aldehydes is 1. The van der Waals surface area contributed by atoms with Crippen molar-refractivity contribution < 1.29 is 26.0 Å². The molecule has 2 unspecified atom stereocenters. The predicted molar refractivity (Wildman–Crippen MR) is 42.5 cm³/mol. The molecule has 2 atom stereocenters. The van der Waals surface area contributed by atoms with Crippen LogP contribution in [0.4, 0.5) is 0 Å². The average Bonchev–Trinajstić information content (AvgIpc) is 1.86. The first-order chi connectivity index (χ1) is 4.06. The molecule has 0 rings (SSSR count). The van der Waals surface area contributed by atoms with Gasteiger partial charge in [0.05, 0.1) is 0 Å². The van der Waals surface area contributed by atoms with E-state index in [1.165, 1.54) is 0 Å². The van der Waals surface area contributed by atoms with Gasteiger partial charge in [-0.05, 0) is 0 Å². The number of halogens is 2. The fourth-order valence-electron chi connectivity index (χ4n) is 0.214. The van der Waals surface area contributed by atoms with Crippen molar-refractivity contribution in [2.24, 2.45) is 5.73 Å². The Morgan fingerprint density at radius 1 is 2.00 bits per heavy atom. The van der Waals surface area contributed by atoms with E-state index in [-0.39, 0.29) is 21.2 Å². The van der Waals surface area contributed by atoms with Crippen LogP contribution in [0, 0.1) is 0 Å². The van der Waals surface area contributed by atoms with E-state index in [1.807, 2.05) is 0 Å². The summed E-state index contributed by atoms with van der Waals surface area (Å²) in [6, 6.07) is 0. The zero-order valence-electron chi connectivity index (χ0n) is 4.97. The standard InChI is InChI=1S/C4H7I2NO.Tl/c1-6-4(7,2-5)3-8;/h2-3H,7H2,1H3;/q-1;. The molecule has 2 N–H and O–H groups in total. The van der Waals surface area contributed by atoms with Crippen LogP contribution in [0.15, 0.2) is 0 Å². The van der Waals surface area contributed by atoms with Gasteiger partial charge < -0.3 is 0 Å². The molecule has 0 bridgehead atoms. The van der Waals surface area contributed by atoms with Crippen LogP contribution in [0.25, 0.3) is 0 Å². The van der Waals surface area contributed by atoms with Crippen LogP contribution < -0.4 is 26.9 Å². The number of carbonyl (C=O) groups excluding carboxylic acids is 1. The first kappa shape index (κ1) is 11.0. The van der Waals surface area contributed by atoms with Gasteiger partial charge in [0.15, 0.2) is 0 Å². The van der Waals surface area contributed by atoms with Gasteiger partial charge in [0.25, 0.3) is 0 Å². The molecule has 52 valence electrons. The minimum atomic E-state index is -0.426. The summed E-state index contributed by atoms with van der Waals surface area (Å²) in [7, 11) is 0. The van der Waals surface area contributed by atoms with Crippen molar-refractivity contribution in [3.05, 3.63) is 0 Å². The van der Waals surface area contributed by atoms with Crippen LogP contribution in [0.5, 0.6) is 0 Å². The minimum absolute atomic E-state index is 0.139. The third kappa shape index (κ3) is 3.27. The van der Waals surface area contributed by atoms with E-state index in [2.05, 4.69) is 27.5 Å². The molecular formula is C4H7I2NOTl-. The topological polar surface area (TPSA) is 43.1 Å². The Morgan fingerprint density at radius 2 is 2.44 bits per heavy atom. The second-order valence-corrected chi connectivity index (χ2v) is 13.7. The summed E-state index contributed by atoms with van der Waals surface area (Å²) >= 11 is 2.94. The molecule has 0 aliphatic carbocycles. The molecule has 0 saturated carbocycles. The molecule has 0 aliphatic heterocycles. The van der Waals surface area contributed by atoms with E-state index in [1.54, 1.807) is 0 Å². The Kier molecular flexibility index (Phi) is 5.88. The summed E-state index contributed by atoms with van der Waals surface area (Å²) in [6.07, 6.45) is 0.928. The van der Waals surface area contributed by atoms with Gasteiger partial charge in [-0.1, -0.05) is 0 Å². The third-order valence-electron chi connectivity index (χ3n) is 0.931. The second-order valence-electron chi connectivity index (χ2n) is 1.54. The van der Waals surface area contributed by atoms with E-state index in [9.17, 15) is 4.79 Å². The summed E-state index contributed by atoms with van der Waals surface area (Å²) in [4.78, 5) is 12.5. The first-order valence-corrected chi connectivity index (χ1v) is 9.29. The molecule has 0 amide bonds. The Labute approximate surface area is 94.8 Å². The van der Waals surface area contributed by atoms with Crippen LogP contribution in [0.3, 0.4) is 0 Å². The van der Waals surface area contributed by atoms with Crippen LogP contribution >= 0.6 is 22.6 Å². The van der Waals surface area contributed by atoms with E-state index in [4.69, 9.17) is 5.73 Å². The molecule has 9 heavy (non-hydrogen) atoms. The summed E-state index contributed by atoms with van der Waals surface area (Å²) < 4.78 is -0.00481. The molecule has 0 aromatic carbocycles. The normalized spacial score (nSPS) is 20.7. The summed E-state index contributed by atoms with van der Waals surface area (Å²) in [5, 5.41) is 0. The van der Waals surface area contributed by atoms with Gasteiger partial charge in [-0.2, -0.15) is 0 Å². The van der Waals surface area contributed by atoms with Crippen LogP contribution in [0.2, 0.25) is 0 Å². The monoisotopic (exact) mass is 544 g/mol. The summed E-state index contributed by atoms with van der Waals surface area (Å²) in [5.74, 6) is 0. The predicted octanol–water partition coefficient (Wildman–Crippen LogP) is -3.51. The molecule has 0 aromatic heterocycles. The van der Waals surface area contributed by atoms with Gasteiger partial charge >= 0.3 is 96.3 Å². The maximum absolute atomic E-state index is 10.4. The van der Waals surface area contributed by atoms with Crippen molar-refractivity contribution in [1.29, 1.82) is 0 Å². The number of alkyl halides is 3. The Balaban J connectivity index is 4.08. The number of rotatable bonds is 3. The molecule has 2 nitrogen and oxygen atoms in total. The zero-order valence-corrected chi connectivity index (χ0v) is 13.8. The Morgan fingerprint density at radius 3 is 2.44 bits per heavy atom. The SMILES string of the molecule is C[I-]C(N)(C=O)[CH](I)[Tl]. The Bertz CT molecular complexity index is 111. The zero-order chi connectivity index (χ0) is 7.49. The van der Waals surface area contributed by atoms with E-state index < -0.39 is 3.55 Å². The molecule has 0 aromatic rings. The molecular weight excluding hydrogens is 536 g/mol. The number of nitrogens with two attached hydrogens (primary N) is 1. The number of carbonyl (C=O) groups is 1. The van der Waals surface area contributed by atoms with E-state index >= 15 is 0 Å². The van der Waals surface area contributed by atoms with Crippen molar-refractivity contribution in [2.75, 3.05) is 4.93 Å². The molecule has 0 heterocycles. The van der Waals surface area contributed by atoms with Gasteiger partial charge in [0.1, 0.15) is 0 Å². The fraction of sp³-hybridized carbons (Fsp3) is 0.750. The van der Waals surface area contributed by atoms with Crippen molar-refractivity contribution in [2.45, 2.75) is 5.03 Å². The molecule has 0 fully saturated rings. The molecule has 0 aliphatic rings. The Hall–Kier alpha value is 2.01. The number of hydrogen-bond donors (Lipinski definition) is 1. The van der Waals surface area contributed by atoms with Gasteiger partial charge in [0.2, 0.25) is 0 Å². The van der Waals surface area contributed by atoms with Crippen LogP contribution in [-0.4, -0.2) is 42.0 Å². The van der Waals surface area contributed by atoms with E-state index in [0.29, 0.717) is 1.48 Å². The fourth-order valence-corrected chi connectivity index (χ4v) is 6.38. The van der Waals surface area contributed by atoms with Crippen LogP contribution in [0.1, 0.15) is 0 Å². The quantitative estimate of drug-likeness (QED) is 0.132. The third-order valence-corrected chi connectivity index (χ3v) is 10.7. The molecule has 0 saturated heterocycles. The molecule has 5 heteroatoms. The second kappa shape index (κ2) is 4.80. The molecule has 0 spiro atoms. The summed E-state index contributed by atoms with van der Waals surface area (Å²) in [5.41, 5.74) is 5.75. The van der Waals surface area contributed by atoms with Gasteiger partial charge in [-0.25, -0.2) is 0 Å². The first-order valence-electron chi connectivity index (χ1n) is 2.22. The van der Waals surface area contributed by atoms with E-state index in [0.717, 1.165) is 32.1 Å². The average molecular weight is 543 g/mol.